The van der Waals surface area contributed by atoms with Crippen molar-refractivity contribution < 1.29 is 12.8 Å². The van der Waals surface area contributed by atoms with E-state index >= 15 is 0 Å². The van der Waals surface area contributed by atoms with Gasteiger partial charge in [-0.1, -0.05) is 0 Å². The zero-order valence-electron chi connectivity index (χ0n) is 7.40. The van der Waals surface area contributed by atoms with E-state index in [2.05, 4.69) is 0 Å². The van der Waals surface area contributed by atoms with Gasteiger partial charge in [-0.05, 0) is 36.7 Å². The lowest BCUT2D eigenvalue weighted by Crippen LogP contribution is -2.16. The van der Waals surface area contributed by atoms with E-state index in [0.717, 1.165) is 18.2 Å². The van der Waals surface area contributed by atoms with Gasteiger partial charge in [-0.25, -0.2) is 17.9 Å². The van der Waals surface area contributed by atoms with Crippen LogP contribution < -0.4 is 10.9 Å². The van der Waals surface area contributed by atoms with Crippen LogP contribution in [-0.2, 0) is 16.4 Å². The van der Waals surface area contributed by atoms with Crippen LogP contribution in [0.25, 0.3) is 0 Å². The van der Waals surface area contributed by atoms with Gasteiger partial charge in [0.1, 0.15) is 5.82 Å². The second kappa shape index (κ2) is 4.04. The first-order chi connectivity index (χ1) is 6.45. The normalized spacial score (nSPS) is 11.6. The fourth-order valence-electron chi connectivity index (χ4n) is 1.18. The Balaban J connectivity index is 3.29. The van der Waals surface area contributed by atoms with Crippen LogP contribution in [0.2, 0.25) is 0 Å². The molecule has 0 heterocycles. The molecule has 1 rings (SSSR count). The summed E-state index contributed by atoms with van der Waals surface area (Å²) >= 11 is 0. The molecule has 0 aliphatic heterocycles. The Labute approximate surface area is 81.8 Å². The van der Waals surface area contributed by atoms with E-state index in [1.165, 1.54) is 0 Å². The Hall–Kier alpha value is -0.980. The number of hydrogen-bond acceptors (Lipinski definition) is 3. The predicted octanol–water partition coefficient (Wildman–Crippen LogP) is -0.0257. The lowest BCUT2D eigenvalue weighted by atomic mass is 10.1. The highest BCUT2D eigenvalue weighted by atomic mass is 32.2. The molecule has 0 saturated heterocycles. The van der Waals surface area contributed by atoms with Crippen LogP contribution in [0.3, 0.4) is 0 Å². The molecule has 0 amide bonds. The Kier molecular flexibility index (Phi) is 3.20. The van der Waals surface area contributed by atoms with E-state index in [1.54, 1.807) is 0 Å². The fourth-order valence-corrected chi connectivity index (χ4v) is 1.96. The molecule has 1 aromatic carbocycles. The summed E-state index contributed by atoms with van der Waals surface area (Å²) in [5.74, 6) is -0.499. The molecule has 1 aromatic rings. The largest absolute Gasteiger partial charge is 0.330 e. The highest BCUT2D eigenvalue weighted by Gasteiger charge is 2.13. The van der Waals surface area contributed by atoms with Crippen LogP contribution in [-0.4, -0.2) is 15.0 Å². The van der Waals surface area contributed by atoms with Crippen molar-refractivity contribution in [2.75, 3.05) is 6.54 Å². The molecule has 0 bridgehead atoms. The van der Waals surface area contributed by atoms with Gasteiger partial charge in [0.2, 0.25) is 10.0 Å². The Bertz CT molecular complexity index is 431. The molecule has 4 N–H and O–H groups in total. The summed E-state index contributed by atoms with van der Waals surface area (Å²) in [7, 11) is -3.79. The molecule has 0 atom stereocenters. The first kappa shape index (κ1) is 11.1. The molecule has 0 unspecified atom stereocenters. The summed E-state index contributed by atoms with van der Waals surface area (Å²) in [4.78, 5) is -0.0654. The van der Waals surface area contributed by atoms with Gasteiger partial charge in [-0.2, -0.15) is 0 Å². The maximum absolute atomic E-state index is 12.8. The third kappa shape index (κ3) is 2.50. The molecule has 78 valence electrons. The van der Waals surface area contributed by atoms with Crippen LogP contribution in [0.15, 0.2) is 23.1 Å². The highest BCUT2D eigenvalue weighted by molar-refractivity contribution is 7.89. The topological polar surface area (TPSA) is 86.2 Å². The lowest BCUT2D eigenvalue weighted by molar-refractivity contribution is 0.594. The quantitative estimate of drug-likeness (QED) is 0.747. The second-order valence-electron chi connectivity index (χ2n) is 2.84. The Morgan fingerprint density at radius 1 is 1.36 bits per heavy atom. The molecular weight excluding hydrogens is 207 g/mol. The smallest absolute Gasteiger partial charge is 0.238 e. The minimum absolute atomic E-state index is 0.0654. The van der Waals surface area contributed by atoms with Gasteiger partial charge in [0.05, 0.1) is 4.90 Å². The SMILES string of the molecule is NCCc1cc(F)ccc1S(N)(=O)=O. The summed E-state index contributed by atoms with van der Waals surface area (Å²) in [5, 5.41) is 4.95. The number of sulfonamides is 1. The second-order valence-corrected chi connectivity index (χ2v) is 4.37. The maximum atomic E-state index is 12.8. The molecule has 0 aromatic heterocycles. The van der Waals surface area contributed by atoms with Crippen molar-refractivity contribution in [1.29, 1.82) is 0 Å². The molecular formula is C8H11FN2O2S. The van der Waals surface area contributed by atoms with E-state index in [9.17, 15) is 12.8 Å². The summed E-state index contributed by atoms with van der Waals surface area (Å²) in [6.45, 7) is 0.242. The molecule has 0 aliphatic rings. The molecule has 4 nitrogen and oxygen atoms in total. The molecule has 0 saturated carbocycles. The number of nitrogens with two attached hydrogens (primary N) is 2. The van der Waals surface area contributed by atoms with Gasteiger partial charge in [-0.3, -0.25) is 0 Å². The van der Waals surface area contributed by atoms with Crippen molar-refractivity contribution >= 4 is 10.0 Å². The average Bonchev–Trinajstić information content (AvgIpc) is 2.02. The zero-order valence-corrected chi connectivity index (χ0v) is 8.22. The molecule has 6 heteroatoms. The number of halogens is 1. The van der Waals surface area contributed by atoms with Gasteiger partial charge < -0.3 is 5.73 Å². The standard InChI is InChI=1S/C8H11FN2O2S/c9-7-1-2-8(14(11,12)13)6(5-7)3-4-10/h1-2,5H,3-4,10H2,(H2,11,12,13). The minimum Gasteiger partial charge on any atom is -0.330 e. The summed E-state index contributed by atoms with van der Waals surface area (Å²) in [6.07, 6.45) is 0.281. The zero-order chi connectivity index (χ0) is 10.8. The van der Waals surface area contributed by atoms with Crippen molar-refractivity contribution in [2.24, 2.45) is 10.9 Å². The number of rotatable bonds is 3. The molecule has 14 heavy (non-hydrogen) atoms. The number of benzene rings is 1. The first-order valence-electron chi connectivity index (χ1n) is 3.96. The fraction of sp³-hybridized carbons (Fsp3) is 0.250. The number of hydrogen-bond donors (Lipinski definition) is 2. The van der Waals surface area contributed by atoms with Crippen LogP contribution in [0.1, 0.15) is 5.56 Å². The van der Waals surface area contributed by atoms with E-state index in [1.807, 2.05) is 0 Å². The van der Waals surface area contributed by atoms with Gasteiger partial charge in [0, 0.05) is 0 Å². The Morgan fingerprint density at radius 2 is 2.00 bits per heavy atom. The highest BCUT2D eigenvalue weighted by Crippen LogP contribution is 2.15. The van der Waals surface area contributed by atoms with E-state index in [-0.39, 0.29) is 17.9 Å². The van der Waals surface area contributed by atoms with Gasteiger partial charge in [0.25, 0.3) is 0 Å². The maximum Gasteiger partial charge on any atom is 0.238 e. The van der Waals surface area contributed by atoms with E-state index < -0.39 is 15.8 Å². The van der Waals surface area contributed by atoms with Crippen molar-refractivity contribution in [3.8, 4) is 0 Å². The lowest BCUT2D eigenvalue weighted by Gasteiger charge is -2.05. The third-order valence-electron chi connectivity index (χ3n) is 1.74. The average molecular weight is 218 g/mol. The minimum atomic E-state index is -3.79. The summed E-state index contributed by atoms with van der Waals surface area (Å²) < 4.78 is 34.9. The van der Waals surface area contributed by atoms with Crippen LogP contribution in [0.4, 0.5) is 4.39 Å². The molecule has 0 fully saturated rings. The van der Waals surface area contributed by atoms with Gasteiger partial charge >= 0.3 is 0 Å². The first-order valence-corrected chi connectivity index (χ1v) is 5.51. The van der Waals surface area contributed by atoms with Crippen LogP contribution in [0.5, 0.6) is 0 Å². The van der Waals surface area contributed by atoms with Crippen molar-refractivity contribution in [2.45, 2.75) is 11.3 Å². The molecule has 0 radical (unpaired) electrons. The molecule has 0 aliphatic carbocycles. The predicted molar refractivity (Wildman–Crippen MR) is 50.5 cm³/mol. The summed E-state index contributed by atoms with van der Waals surface area (Å²) in [5.41, 5.74) is 5.58. The van der Waals surface area contributed by atoms with Crippen LogP contribution >= 0.6 is 0 Å². The van der Waals surface area contributed by atoms with Crippen molar-refractivity contribution in [1.82, 2.24) is 0 Å². The third-order valence-corrected chi connectivity index (χ3v) is 2.75. The Morgan fingerprint density at radius 3 is 2.50 bits per heavy atom. The van der Waals surface area contributed by atoms with Gasteiger partial charge in [-0.15, -0.1) is 0 Å². The van der Waals surface area contributed by atoms with Crippen molar-refractivity contribution in [3.05, 3.63) is 29.6 Å². The van der Waals surface area contributed by atoms with Crippen molar-refractivity contribution in [3.63, 3.8) is 0 Å². The van der Waals surface area contributed by atoms with E-state index in [0.29, 0.717) is 5.56 Å². The number of primary sulfonamides is 1. The molecule has 0 spiro atoms. The van der Waals surface area contributed by atoms with Crippen LogP contribution in [0, 0.1) is 5.82 Å². The monoisotopic (exact) mass is 218 g/mol. The summed E-state index contributed by atoms with van der Waals surface area (Å²) in [6, 6.07) is 3.34. The van der Waals surface area contributed by atoms with Gasteiger partial charge in [0.15, 0.2) is 0 Å². The van der Waals surface area contributed by atoms with E-state index in [4.69, 9.17) is 10.9 Å².